The highest BCUT2D eigenvalue weighted by molar-refractivity contribution is 5.85. The molecule has 0 radical (unpaired) electrons. The van der Waals surface area contributed by atoms with Gasteiger partial charge in [-0.2, -0.15) is 0 Å². The monoisotopic (exact) mass is 358 g/mol. The molecule has 0 aliphatic rings. The minimum absolute atomic E-state index is 0.380. The lowest BCUT2D eigenvalue weighted by molar-refractivity contribution is -0.134. The molecular formula is C20H22O6. The molecular weight excluding hydrogens is 336 g/mol. The molecule has 26 heavy (non-hydrogen) atoms. The number of hydrogen-bond donors (Lipinski definition) is 0. The maximum Gasteiger partial charge on any atom is 0.308 e. The topological polar surface area (TPSA) is 63.2 Å². The smallest absolute Gasteiger partial charge is 0.308 e. The summed E-state index contributed by atoms with van der Waals surface area (Å²) in [5.74, 6) is 2.28. The van der Waals surface area contributed by atoms with Crippen molar-refractivity contribution in [3.05, 3.63) is 47.5 Å². The van der Waals surface area contributed by atoms with Gasteiger partial charge in [0, 0.05) is 12.5 Å². The second-order valence-electron chi connectivity index (χ2n) is 5.29. The van der Waals surface area contributed by atoms with Crippen LogP contribution in [0.15, 0.2) is 36.4 Å². The Bertz CT molecular complexity index is 810. The van der Waals surface area contributed by atoms with Crippen molar-refractivity contribution in [1.82, 2.24) is 0 Å². The molecule has 2 rings (SSSR count). The number of hydrogen-bond acceptors (Lipinski definition) is 6. The first-order valence-electron chi connectivity index (χ1n) is 7.87. The molecule has 0 saturated carbocycles. The highest BCUT2D eigenvalue weighted by atomic mass is 16.5. The fourth-order valence-corrected chi connectivity index (χ4v) is 2.41. The van der Waals surface area contributed by atoms with Crippen LogP contribution >= 0.6 is 0 Å². The van der Waals surface area contributed by atoms with Crippen LogP contribution in [0, 0.1) is 0 Å². The Balaban J connectivity index is 2.51. The highest BCUT2D eigenvalue weighted by Crippen LogP contribution is 2.33. The number of methoxy groups -OCH3 is 4. The third kappa shape index (κ3) is 4.47. The maximum absolute atomic E-state index is 11.6. The Morgan fingerprint density at radius 3 is 1.85 bits per heavy atom. The van der Waals surface area contributed by atoms with E-state index in [-0.39, 0.29) is 0 Å². The van der Waals surface area contributed by atoms with E-state index in [4.69, 9.17) is 23.7 Å². The van der Waals surface area contributed by atoms with Gasteiger partial charge in [0.2, 0.25) is 0 Å². The van der Waals surface area contributed by atoms with E-state index in [1.807, 2.05) is 6.07 Å². The van der Waals surface area contributed by atoms with Gasteiger partial charge in [-0.15, -0.1) is 0 Å². The number of carbonyl (C=O) groups is 1. The highest BCUT2D eigenvalue weighted by Gasteiger charge is 2.12. The molecule has 0 aromatic heterocycles. The summed E-state index contributed by atoms with van der Waals surface area (Å²) in [4.78, 5) is 11.6. The molecule has 0 N–H and O–H groups in total. The maximum atomic E-state index is 11.6. The zero-order valence-corrected chi connectivity index (χ0v) is 15.5. The molecule has 0 fully saturated rings. The normalized spacial score (nSPS) is 10.9. The van der Waals surface area contributed by atoms with Crippen LogP contribution in [0.5, 0.6) is 23.0 Å². The summed E-state index contributed by atoms with van der Waals surface area (Å²) in [7, 11) is 6.24. The minimum atomic E-state index is -0.425. The van der Waals surface area contributed by atoms with E-state index < -0.39 is 5.97 Å². The van der Waals surface area contributed by atoms with Gasteiger partial charge in [0.25, 0.3) is 0 Å². The second-order valence-corrected chi connectivity index (χ2v) is 5.29. The SMILES string of the molecule is COc1ccc(/C=C(\OC(C)=O)c2ccc(OC)c(OC)c2)cc1OC. The third-order valence-corrected chi connectivity index (χ3v) is 3.63. The molecule has 0 amide bonds. The fraction of sp³-hybridized carbons (Fsp3) is 0.250. The minimum Gasteiger partial charge on any atom is -0.493 e. The van der Waals surface area contributed by atoms with E-state index in [1.54, 1.807) is 64.8 Å². The molecule has 0 aliphatic carbocycles. The molecule has 0 bridgehead atoms. The molecule has 0 atom stereocenters. The van der Waals surface area contributed by atoms with Gasteiger partial charge in [-0.25, -0.2) is 0 Å². The molecule has 138 valence electrons. The van der Waals surface area contributed by atoms with E-state index in [0.717, 1.165) is 5.56 Å². The molecule has 2 aromatic carbocycles. The van der Waals surface area contributed by atoms with Crippen molar-refractivity contribution in [3.63, 3.8) is 0 Å². The van der Waals surface area contributed by atoms with Crippen molar-refractivity contribution < 1.29 is 28.5 Å². The van der Waals surface area contributed by atoms with Gasteiger partial charge in [0.1, 0.15) is 5.76 Å². The van der Waals surface area contributed by atoms with E-state index in [1.165, 1.54) is 6.92 Å². The predicted octanol–water partition coefficient (Wildman–Crippen LogP) is 3.78. The first-order chi connectivity index (χ1) is 12.5. The van der Waals surface area contributed by atoms with E-state index in [2.05, 4.69) is 0 Å². The fourth-order valence-electron chi connectivity index (χ4n) is 2.41. The Kier molecular flexibility index (Phi) is 6.49. The largest absolute Gasteiger partial charge is 0.493 e. The number of benzene rings is 2. The van der Waals surface area contributed by atoms with Crippen LogP contribution < -0.4 is 18.9 Å². The molecule has 6 heteroatoms. The molecule has 0 heterocycles. The zero-order valence-electron chi connectivity index (χ0n) is 15.5. The van der Waals surface area contributed by atoms with Crippen molar-refractivity contribution in [2.24, 2.45) is 0 Å². The third-order valence-electron chi connectivity index (χ3n) is 3.63. The molecule has 6 nitrogen and oxygen atoms in total. The lowest BCUT2D eigenvalue weighted by Gasteiger charge is -2.13. The summed E-state index contributed by atoms with van der Waals surface area (Å²) in [6.45, 7) is 1.35. The molecule has 0 unspecified atom stereocenters. The van der Waals surface area contributed by atoms with Crippen molar-refractivity contribution >= 4 is 17.8 Å². The summed E-state index contributed by atoms with van der Waals surface area (Å²) >= 11 is 0. The second kappa shape index (κ2) is 8.80. The lowest BCUT2D eigenvalue weighted by Crippen LogP contribution is -2.00. The van der Waals surface area contributed by atoms with Crippen LogP contribution in [-0.2, 0) is 9.53 Å². The molecule has 2 aromatic rings. The van der Waals surface area contributed by atoms with Crippen LogP contribution in [-0.4, -0.2) is 34.4 Å². The van der Waals surface area contributed by atoms with Gasteiger partial charge in [0.15, 0.2) is 23.0 Å². The number of ether oxygens (including phenoxy) is 5. The Labute approximate surface area is 152 Å². The van der Waals surface area contributed by atoms with Crippen LogP contribution in [0.1, 0.15) is 18.1 Å². The average molecular weight is 358 g/mol. The summed E-state index contributed by atoms with van der Waals surface area (Å²) in [5, 5.41) is 0. The Morgan fingerprint density at radius 2 is 1.31 bits per heavy atom. The van der Waals surface area contributed by atoms with E-state index >= 15 is 0 Å². The first-order valence-corrected chi connectivity index (χ1v) is 7.87. The summed E-state index contributed by atoms with van der Waals surface area (Å²) < 4.78 is 26.5. The molecule has 0 spiro atoms. The molecule has 0 aliphatic heterocycles. The van der Waals surface area contributed by atoms with Crippen LogP contribution in [0.2, 0.25) is 0 Å². The van der Waals surface area contributed by atoms with Gasteiger partial charge in [-0.1, -0.05) is 6.07 Å². The Hall–Kier alpha value is -3.15. The number of carbonyl (C=O) groups excluding carboxylic acids is 1. The number of rotatable bonds is 7. The predicted molar refractivity (Wildman–Crippen MR) is 98.7 cm³/mol. The van der Waals surface area contributed by atoms with Crippen molar-refractivity contribution in [2.45, 2.75) is 6.92 Å². The lowest BCUT2D eigenvalue weighted by atomic mass is 10.1. The quantitative estimate of drug-likeness (QED) is 0.426. The zero-order chi connectivity index (χ0) is 19.1. The van der Waals surface area contributed by atoms with Crippen LogP contribution in [0.4, 0.5) is 0 Å². The van der Waals surface area contributed by atoms with Gasteiger partial charge in [-0.3, -0.25) is 4.79 Å². The van der Waals surface area contributed by atoms with Crippen LogP contribution in [0.3, 0.4) is 0 Å². The van der Waals surface area contributed by atoms with Gasteiger partial charge < -0.3 is 23.7 Å². The van der Waals surface area contributed by atoms with Crippen molar-refractivity contribution in [2.75, 3.05) is 28.4 Å². The number of esters is 1. The standard InChI is InChI=1S/C20H22O6/c1-13(21)26-18(15-7-9-17(23-3)20(12-15)25-5)10-14-6-8-16(22-2)19(11-14)24-4/h6-12H,1-5H3/b18-10-. The summed E-state index contributed by atoms with van der Waals surface area (Å²) in [6, 6.07) is 10.7. The summed E-state index contributed by atoms with van der Waals surface area (Å²) in [6.07, 6.45) is 1.74. The Morgan fingerprint density at radius 1 is 0.769 bits per heavy atom. The van der Waals surface area contributed by atoms with Gasteiger partial charge in [-0.05, 0) is 42.0 Å². The molecule has 0 saturated heterocycles. The average Bonchev–Trinajstić information content (AvgIpc) is 2.66. The van der Waals surface area contributed by atoms with Crippen molar-refractivity contribution in [1.29, 1.82) is 0 Å². The summed E-state index contributed by atoms with van der Waals surface area (Å²) in [5.41, 5.74) is 1.46. The van der Waals surface area contributed by atoms with Crippen LogP contribution in [0.25, 0.3) is 11.8 Å². The van der Waals surface area contributed by atoms with E-state index in [9.17, 15) is 4.79 Å². The first kappa shape index (κ1) is 19.2. The van der Waals surface area contributed by atoms with Gasteiger partial charge in [0.05, 0.1) is 28.4 Å². The van der Waals surface area contributed by atoms with E-state index in [0.29, 0.717) is 34.3 Å². The van der Waals surface area contributed by atoms with Gasteiger partial charge >= 0.3 is 5.97 Å². The van der Waals surface area contributed by atoms with Crippen molar-refractivity contribution in [3.8, 4) is 23.0 Å².